The van der Waals surface area contributed by atoms with Gasteiger partial charge in [-0.05, 0) is 60.7 Å². The first-order valence-corrected chi connectivity index (χ1v) is 15.6. The van der Waals surface area contributed by atoms with Crippen LogP contribution in [0.2, 0.25) is 0 Å². The van der Waals surface area contributed by atoms with Gasteiger partial charge in [-0.15, -0.1) is 0 Å². The number of anilines is 8. The number of aromatic nitrogens is 1. The molecule has 0 unspecified atom stereocenters. The molecule has 7 nitrogen and oxygen atoms in total. The summed E-state index contributed by atoms with van der Waals surface area (Å²) in [7, 11) is 0. The second-order valence-electron chi connectivity index (χ2n) is 11.0. The minimum Gasteiger partial charge on any atom is -0.439 e. The van der Waals surface area contributed by atoms with Crippen molar-refractivity contribution in [3.8, 4) is 23.3 Å². The number of hydrogen-bond donors (Lipinski definition) is 4. The Labute approximate surface area is 279 Å². The largest absolute Gasteiger partial charge is 0.439 e. The van der Waals surface area contributed by atoms with Gasteiger partial charge in [-0.25, -0.2) is 0 Å². The third kappa shape index (κ3) is 8.29. The van der Waals surface area contributed by atoms with Crippen LogP contribution in [0, 0.1) is 0 Å². The van der Waals surface area contributed by atoms with E-state index in [1.54, 1.807) is 0 Å². The third-order valence-corrected chi connectivity index (χ3v) is 7.21. The second-order valence-corrected chi connectivity index (χ2v) is 11.0. The fourth-order valence-corrected chi connectivity index (χ4v) is 5.11. The molecule has 7 rings (SSSR count). The van der Waals surface area contributed by atoms with Crippen molar-refractivity contribution in [2.75, 3.05) is 21.3 Å². The molecule has 0 saturated carbocycles. The summed E-state index contributed by atoms with van der Waals surface area (Å²) >= 11 is 0. The van der Waals surface area contributed by atoms with Gasteiger partial charge in [0.15, 0.2) is 0 Å². The van der Waals surface area contributed by atoms with Gasteiger partial charge in [0.1, 0.15) is 11.5 Å². The first-order chi connectivity index (χ1) is 23.7. The van der Waals surface area contributed by atoms with E-state index in [2.05, 4.69) is 21.3 Å². The molecule has 0 aliphatic rings. The molecule has 0 aliphatic carbocycles. The standard InChI is InChI=1S/C41H33N5O2/c1-5-14-30(15-6-1)42-34-24-35(43-31-16-7-2-8-17-31)27-38(26-34)47-40-22-13-23-41(46-40)48-39-28-36(44-32-18-9-3-10-19-32)25-37(29-39)45-33-20-11-4-12-21-33/h1-29,42-45H. The van der Waals surface area contributed by atoms with Gasteiger partial charge in [0.2, 0.25) is 11.8 Å². The molecule has 0 saturated heterocycles. The van der Waals surface area contributed by atoms with Gasteiger partial charge in [0.05, 0.1) is 0 Å². The molecule has 0 atom stereocenters. The van der Waals surface area contributed by atoms with E-state index in [9.17, 15) is 0 Å². The number of ether oxygens (including phenoxy) is 2. The minimum atomic E-state index is 0.399. The fourth-order valence-electron chi connectivity index (χ4n) is 5.11. The van der Waals surface area contributed by atoms with E-state index < -0.39 is 0 Å². The highest BCUT2D eigenvalue weighted by Crippen LogP contribution is 2.34. The van der Waals surface area contributed by atoms with E-state index >= 15 is 0 Å². The van der Waals surface area contributed by atoms with Crippen LogP contribution in [-0.2, 0) is 0 Å². The number of nitrogens with one attached hydrogen (secondary N) is 4. The highest BCUT2D eigenvalue weighted by molar-refractivity contribution is 5.72. The van der Waals surface area contributed by atoms with Crippen molar-refractivity contribution in [2.45, 2.75) is 0 Å². The van der Waals surface area contributed by atoms with Crippen LogP contribution in [0.5, 0.6) is 23.3 Å². The summed E-state index contributed by atoms with van der Waals surface area (Å²) in [6, 6.07) is 57.4. The minimum absolute atomic E-state index is 0.399. The van der Waals surface area contributed by atoms with Crippen molar-refractivity contribution < 1.29 is 9.47 Å². The summed E-state index contributed by atoms with van der Waals surface area (Å²) in [5, 5.41) is 13.9. The molecule has 6 aromatic carbocycles. The number of para-hydroxylation sites is 4. The Bertz CT molecular complexity index is 1810. The van der Waals surface area contributed by atoms with Crippen LogP contribution < -0.4 is 30.7 Å². The van der Waals surface area contributed by atoms with Gasteiger partial charge in [-0.2, -0.15) is 4.98 Å². The SMILES string of the molecule is c1ccc(Nc2cc(Nc3ccccc3)cc(Oc3cccc(Oc4cc(Nc5ccccc5)cc(Nc5ccccc5)c4)n3)c2)cc1. The molecule has 7 heteroatoms. The van der Waals surface area contributed by atoms with Crippen LogP contribution >= 0.6 is 0 Å². The Morgan fingerprint density at radius 1 is 0.292 bits per heavy atom. The third-order valence-electron chi connectivity index (χ3n) is 7.21. The highest BCUT2D eigenvalue weighted by atomic mass is 16.5. The molecule has 1 aromatic heterocycles. The van der Waals surface area contributed by atoms with Gasteiger partial charge in [-0.3, -0.25) is 0 Å². The fraction of sp³-hybridized carbons (Fsp3) is 0. The lowest BCUT2D eigenvalue weighted by molar-refractivity contribution is 0.427. The molecule has 0 fully saturated rings. The number of nitrogens with zero attached hydrogens (tertiary/aromatic N) is 1. The molecule has 0 aliphatic heterocycles. The summed E-state index contributed by atoms with van der Waals surface area (Å²) in [5.41, 5.74) is 7.35. The molecule has 0 bridgehead atoms. The van der Waals surface area contributed by atoms with Crippen molar-refractivity contribution >= 4 is 45.5 Å². The monoisotopic (exact) mass is 627 g/mol. The summed E-state index contributed by atoms with van der Waals surface area (Å²) in [6.07, 6.45) is 0. The number of rotatable bonds is 12. The maximum atomic E-state index is 6.32. The maximum absolute atomic E-state index is 6.32. The van der Waals surface area contributed by atoms with Crippen molar-refractivity contribution in [3.05, 3.63) is 176 Å². The van der Waals surface area contributed by atoms with Crippen LogP contribution in [0.4, 0.5) is 45.5 Å². The molecule has 4 N–H and O–H groups in total. The molecule has 0 amide bonds. The Balaban J connectivity index is 1.14. The van der Waals surface area contributed by atoms with Crippen LogP contribution in [0.3, 0.4) is 0 Å². The number of benzene rings is 6. The van der Waals surface area contributed by atoms with Gasteiger partial charge in [0.25, 0.3) is 0 Å². The normalized spacial score (nSPS) is 10.5. The molecule has 0 radical (unpaired) electrons. The lowest BCUT2D eigenvalue weighted by atomic mass is 10.2. The quantitative estimate of drug-likeness (QED) is 0.107. The van der Waals surface area contributed by atoms with E-state index in [0.29, 0.717) is 23.3 Å². The molecule has 48 heavy (non-hydrogen) atoms. The van der Waals surface area contributed by atoms with Crippen molar-refractivity contribution in [2.24, 2.45) is 0 Å². The predicted molar refractivity (Wildman–Crippen MR) is 196 cm³/mol. The van der Waals surface area contributed by atoms with E-state index in [-0.39, 0.29) is 0 Å². The van der Waals surface area contributed by atoms with Gasteiger partial charge in [-0.1, -0.05) is 78.9 Å². The summed E-state index contributed by atoms with van der Waals surface area (Å²) in [6.45, 7) is 0. The zero-order chi connectivity index (χ0) is 32.4. The van der Waals surface area contributed by atoms with Crippen LogP contribution in [0.1, 0.15) is 0 Å². The van der Waals surface area contributed by atoms with E-state index in [0.717, 1.165) is 45.5 Å². The molecule has 234 valence electrons. The Hall–Kier alpha value is -6.73. The number of hydrogen-bond acceptors (Lipinski definition) is 7. The van der Waals surface area contributed by atoms with Crippen LogP contribution in [-0.4, -0.2) is 4.98 Å². The average Bonchev–Trinajstić information content (AvgIpc) is 3.10. The smallest absolute Gasteiger partial charge is 0.222 e. The zero-order valence-electron chi connectivity index (χ0n) is 26.0. The van der Waals surface area contributed by atoms with E-state index in [1.807, 2.05) is 176 Å². The van der Waals surface area contributed by atoms with E-state index in [1.165, 1.54) is 0 Å². The average molecular weight is 628 g/mol. The lowest BCUT2D eigenvalue weighted by Crippen LogP contribution is -1.97. The first kappa shape index (κ1) is 30.0. The van der Waals surface area contributed by atoms with Gasteiger partial charge < -0.3 is 30.7 Å². The molecule has 7 aromatic rings. The predicted octanol–water partition coefficient (Wildman–Crippen LogP) is 11.6. The van der Waals surface area contributed by atoms with Crippen molar-refractivity contribution in [1.82, 2.24) is 4.98 Å². The molecular weight excluding hydrogens is 594 g/mol. The number of pyridine rings is 1. The Morgan fingerprint density at radius 2 is 0.583 bits per heavy atom. The molecule has 1 heterocycles. The highest BCUT2D eigenvalue weighted by Gasteiger charge is 2.10. The Kier molecular flexibility index (Phi) is 9.10. The van der Waals surface area contributed by atoms with Gasteiger partial charge >= 0.3 is 0 Å². The second kappa shape index (κ2) is 14.6. The molecule has 0 spiro atoms. The van der Waals surface area contributed by atoms with Crippen molar-refractivity contribution in [3.63, 3.8) is 0 Å². The molecular formula is C41H33N5O2. The van der Waals surface area contributed by atoms with Crippen LogP contribution in [0.25, 0.3) is 0 Å². The van der Waals surface area contributed by atoms with E-state index in [4.69, 9.17) is 14.5 Å². The van der Waals surface area contributed by atoms with Crippen LogP contribution in [0.15, 0.2) is 176 Å². The maximum Gasteiger partial charge on any atom is 0.222 e. The Morgan fingerprint density at radius 3 is 0.875 bits per heavy atom. The topological polar surface area (TPSA) is 79.5 Å². The summed E-state index contributed by atoms with van der Waals surface area (Å²) in [4.78, 5) is 4.69. The summed E-state index contributed by atoms with van der Waals surface area (Å²) < 4.78 is 12.6. The van der Waals surface area contributed by atoms with Crippen molar-refractivity contribution in [1.29, 1.82) is 0 Å². The lowest BCUT2D eigenvalue weighted by Gasteiger charge is -2.15. The zero-order valence-corrected chi connectivity index (χ0v) is 26.0. The van der Waals surface area contributed by atoms with Gasteiger partial charge in [0, 0.05) is 81.9 Å². The summed E-state index contributed by atoms with van der Waals surface area (Å²) in [5.74, 6) is 2.03. The first-order valence-electron chi connectivity index (χ1n) is 15.6.